The first-order chi connectivity index (χ1) is 13.9. The van der Waals surface area contributed by atoms with Gasteiger partial charge in [0.05, 0.1) is 28.5 Å². The fourth-order valence-electron chi connectivity index (χ4n) is 2.83. The Morgan fingerprint density at radius 1 is 1.21 bits per heavy atom. The van der Waals surface area contributed by atoms with Gasteiger partial charge in [0, 0.05) is 12.2 Å². The first-order valence-corrected chi connectivity index (χ1v) is 10.2. The lowest BCUT2D eigenvalue weighted by Crippen LogP contribution is -2.22. The summed E-state index contributed by atoms with van der Waals surface area (Å²) in [5, 5.41) is 3.03. The highest BCUT2D eigenvalue weighted by atomic mass is 32.2. The molecule has 0 aliphatic heterocycles. The van der Waals surface area contributed by atoms with Crippen LogP contribution in [0.15, 0.2) is 47.6 Å². The predicted octanol–water partition coefficient (Wildman–Crippen LogP) is 4.49. The maximum atomic E-state index is 13.0. The molecule has 0 unspecified atom stereocenters. The van der Waals surface area contributed by atoms with Gasteiger partial charge in [-0.1, -0.05) is 11.8 Å². The first-order valence-electron chi connectivity index (χ1n) is 9.33. The first kappa shape index (κ1) is 20.9. The van der Waals surface area contributed by atoms with Gasteiger partial charge in [0.15, 0.2) is 5.16 Å². The number of hydrogen-bond donors (Lipinski definition) is 1. The summed E-state index contributed by atoms with van der Waals surface area (Å²) in [7, 11) is 0. The summed E-state index contributed by atoms with van der Waals surface area (Å²) in [6.07, 6.45) is 0. The number of ether oxygens (including phenoxy) is 1. The summed E-state index contributed by atoms with van der Waals surface area (Å²) in [5.41, 5.74) is 2.53. The van der Waals surface area contributed by atoms with Gasteiger partial charge in [0.25, 0.3) is 0 Å². The van der Waals surface area contributed by atoms with E-state index in [1.165, 1.54) is 36.0 Å². The summed E-state index contributed by atoms with van der Waals surface area (Å²) in [4.78, 5) is 29.1. The predicted molar refractivity (Wildman–Crippen MR) is 112 cm³/mol. The molecule has 0 spiro atoms. The van der Waals surface area contributed by atoms with E-state index in [4.69, 9.17) is 4.74 Å². The Morgan fingerprint density at radius 2 is 1.93 bits per heavy atom. The number of carbonyl (C=O) groups is 2. The number of aryl methyl sites for hydroxylation is 1. The van der Waals surface area contributed by atoms with Crippen molar-refractivity contribution in [2.75, 3.05) is 11.9 Å². The normalized spacial score (nSPS) is 12.0. The molecule has 1 heterocycles. The quantitative estimate of drug-likeness (QED) is 0.455. The van der Waals surface area contributed by atoms with E-state index >= 15 is 0 Å². The van der Waals surface area contributed by atoms with Crippen LogP contribution in [0.5, 0.6) is 0 Å². The van der Waals surface area contributed by atoms with Gasteiger partial charge < -0.3 is 14.6 Å². The van der Waals surface area contributed by atoms with Gasteiger partial charge in [-0.3, -0.25) is 4.79 Å². The summed E-state index contributed by atoms with van der Waals surface area (Å²) in [6, 6.07) is 10.9. The summed E-state index contributed by atoms with van der Waals surface area (Å²) in [6.45, 7) is 6.52. The molecule has 0 aliphatic rings. The second kappa shape index (κ2) is 9.09. The molecule has 0 bridgehead atoms. The number of halogens is 1. The Hall–Kier alpha value is -2.87. The lowest BCUT2D eigenvalue weighted by Gasteiger charge is -2.12. The number of aromatic nitrogens is 2. The van der Waals surface area contributed by atoms with Crippen LogP contribution in [0.25, 0.3) is 11.0 Å². The molecule has 8 heteroatoms. The molecule has 29 heavy (non-hydrogen) atoms. The maximum Gasteiger partial charge on any atom is 0.338 e. The van der Waals surface area contributed by atoms with Crippen molar-refractivity contribution in [1.82, 2.24) is 9.55 Å². The van der Waals surface area contributed by atoms with E-state index in [-0.39, 0.29) is 17.7 Å². The smallest absolute Gasteiger partial charge is 0.338 e. The highest BCUT2D eigenvalue weighted by Gasteiger charge is 2.20. The van der Waals surface area contributed by atoms with Crippen molar-refractivity contribution in [2.24, 2.45) is 0 Å². The van der Waals surface area contributed by atoms with Crippen LogP contribution in [0.2, 0.25) is 0 Å². The molecule has 2 aromatic carbocycles. The number of benzene rings is 2. The van der Waals surface area contributed by atoms with Crippen molar-refractivity contribution < 1.29 is 18.7 Å². The number of hydrogen-bond acceptors (Lipinski definition) is 5. The van der Waals surface area contributed by atoms with Gasteiger partial charge in [-0.25, -0.2) is 14.2 Å². The largest absolute Gasteiger partial charge is 0.462 e. The van der Waals surface area contributed by atoms with Gasteiger partial charge in [-0.15, -0.1) is 0 Å². The molecule has 3 rings (SSSR count). The Labute approximate surface area is 172 Å². The van der Waals surface area contributed by atoms with Crippen molar-refractivity contribution in [3.8, 4) is 0 Å². The van der Waals surface area contributed by atoms with E-state index in [0.717, 1.165) is 5.52 Å². The number of anilines is 1. The van der Waals surface area contributed by atoms with E-state index in [9.17, 15) is 14.0 Å². The van der Waals surface area contributed by atoms with Crippen LogP contribution in [0.3, 0.4) is 0 Å². The highest BCUT2D eigenvalue weighted by molar-refractivity contribution is 8.00. The van der Waals surface area contributed by atoms with Gasteiger partial charge in [0.2, 0.25) is 5.91 Å². The molecule has 1 N–H and O–H groups in total. The number of esters is 1. The molecular weight excluding hydrogens is 393 g/mol. The molecule has 6 nitrogen and oxygen atoms in total. The van der Waals surface area contributed by atoms with Gasteiger partial charge in [-0.05, 0) is 63.2 Å². The van der Waals surface area contributed by atoms with E-state index in [1.807, 2.05) is 17.6 Å². The van der Waals surface area contributed by atoms with Crippen LogP contribution < -0.4 is 5.32 Å². The molecule has 1 aromatic heterocycles. The zero-order valence-corrected chi connectivity index (χ0v) is 17.3. The molecule has 0 saturated heterocycles. The number of amides is 1. The van der Waals surface area contributed by atoms with Gasteiger partial charge in [-0.2, -0.15) is 0 Å². The minimum Gasteiger partial charge on any atom is -0.462 e. The van der Waals surface area contributed by atoms with E-state index in [0.29, 0.717) is 35.1 Å². The van der Waals surface area contributed by atoms with E-state index in [2.05, 4.69) is 10.3 Å². The topological polar surface area (TPSA) is 73.2 Å². The third-order valence-corrected chi connectivity index (χ3v) is 5.39. The average molecular weight is 415 g/mol. The molecule has 3 aromatic rings. The lowest BCUT2D eigenvalue weighted by atomic mass is 10.2. The van der Waals surface area contributed by atoms with E-state index < -0.39 is 5.25 Å². The number of imidazole rings is 1. The molecule has 1 atom stereocenters. The van der Waals surface area contributed by atoms with Crippen molar-refractivity contribution in [3.63, 3.8) is 0 Å². The second-order valence-corrected chi connectivity index (χ2v) is 7.63. The van der Waals surface area contributed by atoms with Crippen LogP contribution in [0.1, 0.15) is 31.1 Å². The van der Waals surface area contributed by atoms with Gasteiger partial charge >= 0.3 is 5.97 Å². The van der Waals surface area contributed by atoms with Crippen LogP contribution in [0, 0.1) is 5.82 Å². The summed E-state index contributed by atoms with van der Waals surface area (Å²) < 4.78 is 20.1. The third kappa shape index (κ3) is 4.76. The number of thioether (sulfide) groups is 1. The minimum absolute atomic E-state index is 0.205. The molecule has 1 amide bonds. The Balaban J connectivity index is 1.79. The fourth-order valence-corrected chi connectivity index (χ4v) is 3.82. The van der Waals surface area contributed by atoms with Crippen molar-refractivity contribution >= 4 is 40.4 Å². The summed E-state index contributed by atoms with van der Waals surface area (Å²) in [5.74, 6) is -0.950. The number of nitrogens with one attached hydrogen (secondary N) is 1. The maximum absolute atomic E-state index is 13.0. The lowest BCUT2D eigenvalue weighted by molar-refractivity contribution is -0.115. The monoisotopic (exact) mass is 415 g/mol. The summed E-state index contributed by atoms with van der Waals surface area (Å²) >= 11 is 1.33. The van der Waals surface area contributed by atoms with Crippen LogP contribution in [0.4, 0.5) is 10.1 Å². The Bertz CT molecular complexity index is 1030. The molecule has 0 aliphatic carbocycles. The van der Waals surface area contributed by atoms with Crippen molar-refractivity contribution in [3.05, 3.63) is 53.8 Å². The van der Waals surface area contributed by atoms with E-state index in [1.54, 1.807) is 26.0 Å². The molecule has 0 fully saturated rings. The molecule has 152 valence electrons. The van der Waals surface area contributed by atoms with Crippen molar-refractivity contribution in [2.45, 2.75) is 37.7 Å². The molecule has 0 saturated carbocycles. The number of carbonyl (C=O) groups excluding carboxylic acids is 2. The zero-order chi connectivity index (χ0) is 21.0. The Kier molecular flexibility index (Phi) is 6.53. The zero-order valence-electron chi connectivity index (χ0n) is 16.4. The fraction of sp³-hybridized carbons (Fsp3) is 0.286. The highest BCUT2D eigenvalue weighted by Crippen LogP contribution is 2.28. The van der Waals surface area contributed by atoms with Crippen LogP contribution in [-0.2, 0) is 16.1 Å². The third-order valence-electron chi connectivity index (χ3n) is 4.30. The van der Waals surface area contributed by atoms with Crippen LogP contribution >= 0.6 is 11.8 Å². The van der Waals surface area contributed by atoms with Gasteiger partial charge in [0.1, 0.15) is 5.82 Å². The number of rotatable bonds is 7. The molecular formula is C21H22FN3O3S. The SMILES string of the molecule is CCOC(=O)c1ccc2c(c1)nc(S[C@H](C)C(=O)Nc1ccc(F)cc1)n2CC. The number of fused-ring (bicyclic) bond motifs is 1. The average Bonchev–Trinajstić information content (AvgIpc) is 3.05. The second-order valence-electron chi connectivity index (χ2n) is 6.32. The number of nitrogens with zero attached hydrogens (tertiary/aromatic N) is 2. The molecule has 0 radical (unpaired) electrons. The minimum atomic E-state index is -0.424. The Morgan fingerprint density at radius 3 is 2.59 bits per heavy atom. The van der Waals surface area contributed by atoms with Crippen molar-refractivity contribution in [1.29, 1.82) is 0 Å². The standard InChI is InChI=1S/C21H22FN3O3S/c1-4-25-18-11-6-14(20(27)28-5-2)12-17(18)24-21(25)29-13(3)19(26)23-16-9-7-15(22)8-10-16/h6-13H,4-5H2,1-3H3,(H,23,26)/t13-/m1/s1. The van der Waals surface area contributed by atoms with Crippen LogP contribution in [-0.4, -0.2) is 33.3 Å².